The lowest BCUT2D eigenvalue weighted by Gasteiger charge is -2.18. The van der Waals surface area contributed by atoms with Gasteiger partial charge in [0.05, 0.1) is 16.7 Å². The number of nitriles is 1. The van der Waals surface area contributed by atoms with Crippen molar-refractivity contribution in [1.82, 2.24) is 9.55 Å². The minimum Gasteiger partial charge on any atom is -0.287 e. The number of rotatable bonds is 4. The minimum absolute atomic E-state index is 0.0772. The topological polar surface area (TPSA) is 58.7 Å². The summed E-state index contributed by atoms with van der Waals surface area (Å²) in [6.45, 7) is 8.96. The number of thioether (sulfide) groups is 1. The zero-order valence-electron chi connectivity index (χ0n) is 14.6. The molecule has 0 fully saturated rings. The molecule has 0 saturated heterocycles. The Labute approximate surface area is 150 Å². The van der Waals surface area contributed by atoms with Gasteiger partial charge in [-0.15, -0.1) is 11.3 Å². The van der Waals surface area contributed by atoms with Crippen molar-refractivity contribution < 1.29 is 0 Å². The van der Waals surface area contributed by atoms with Gasteiger partial charge in [-0.1, -0.05) is 32.5 Å². The number of fused-ring (bicyclic) bond motifs is 3. The van der Waals surface area contributed by atoms with Crippen LogP contribution in [-0.2, 0) is 19.4 Å². The Balaban J connectivity index is 2.20. The monoisotopic (exact) mass is 361 g/mol. The van der Waals surface area contributed by atoms with E-state index in [1.165, 1.54) is 22.2 Å². The van der Waals surface area contributed by atoms with E-state index in [9.17, 15) is 4.79 Å². The molecule has 0 N–H and O–H groups in total. The third kappa shape index (κ3) is 3.25. The van der Waals surface area contributed by atoms with Crippen molar-refractivity contribution in [3.63, 3.8) is 0 Å². The van der Waals surface area contributed by atoms with Gasteiger partial charge >= 0.3 is 0 Å². The largest absolute Gasteiger partial charge is 0.287 e. The number of aryl methyl sites for hydroxylation is 1. The maximum absolute atomic E-state index is 13.2. The van der Waals surface area contributed by atoms with Crippen molar-refractivity contribution in [3.05, 3.63) is 20.8 Å². The van der Waals surface area contributed by atoms with Gasteiger partial charge in [-0.05, 0) is 43.6 Å². The summed E-state index contributed by atoms with van der Waals surface area (Å²) in [6, 6.07) is 2.23. The molecule has 2 aromatic rings. The lowest BCUT2D eigenvalue weighted by molar-refractivity contribution is 0.474. The average Bonchev–Trinajstić information content (AvgIpc) is 2.87. The standard InChI is InChI=1S/C18H23N3OS2/c1-10(2)9-21-17(22)15-13-6-5-11(3)7-14(13)24-16(15)20-18(21)23-12(4)8-19/h10-12H,5-7,9H2,1-4H3/t11-,12-/m1/s1. The first-order chi connectivity index (χ1) is 11.4. The van der Waals surface area contributed by atoms with Crippen LogP contribution in [0.15, 0.2) is 9.95 Å². The molecule has 4 nitrogen and oxygen atoms in total. The van der Waals surface area contributed by atoms with Crippen LogP contribution in [0.25, 0.3) is 10.2 Å². The zero-order valence-corrected chi connectivity index (χ0v) is 16.3. The van der Waals surface area contributed by atoms with Gasteiger partial charge in [0.1, 0.15) is 4.83 Å². The molecule has 0 spiro atoms. The Morgan fingerprint density at radius 1 is 1.46 bits per heavy atom. The Bertz CT molecular complexity index is 860. The number of hydrogen-bond acceptors (Lipinski definition) is 5. The SMILES string of the molecule is CC(C)Cn1c(S[C@H](C)C#N)nc2sc3c(c2c1=O)CC[C@@H](C)C3. The molecule has 0 bridgehead atoms. The van der Waals surface area contributed by atoms with Crippen LogP contribution in [0.2, 0.25) is 0 Å². The summed E-state index contributed by atoms with van der Waals surface area (Å²) in [5.41, 5.74) is 1.31. The van der Waals surface area contributed by atoms with E-state index in [-0.39, 0.29) is 10.8 Å². The van der Waals surface area contributed by atoms with Crippen LogP contribution in [-0.4, -0.2) is 14.8 Å². The molecule has 2 atom stereocenters. The van der Waals surface area contributed by atoms with Crippen LogP contribution >= 0.6 is 23.1 Å². The van der Waals surface area contributed by atoms with E-state index in [4.69, 9.17) is 10.2 Å². The molecule has 0 radical (unpaired) electrons. The lowest BCUT2D eigenvalue weighted by atomic mass is 9.89. The molecule has 0 aromatic carbocycles. The predicted octanol–water partition coefficient (Wildman–Crippen LogP) is 4.24. The summed E-state index contributed by atoms with van der Waals surface area (Å²) in [7, 11) is 0. The van der Waals surface area contributed by atoms with E-state index in [1.54, 1.807) is 15.9 Å². The predicted molar refractivity (Wildman–Crippen MR) is 101 cm³/mol. The fraction of sp³-hybridized carbons (Fsp3) is 0.611. The van der Waals surface area contributed by atoms with Gasteiger partial charge in [-0.25, -0.2) is 4.98 Å². The lowest BCUT2D eigenvalue weighted by Crippen LogP contribution is -2.26. The second-order valence-corrected chi connectivity index (χ2v) is 9.52. The first kappa shape index (κ1) is 17.5. The van der Waals surface area contributed by atoms with Crippen LogP contribution in [0.3, 0.4) is 0 Å². The van der Waals surface area contributed by atoms with E-state index in [1.807, 2.05) is 6.92 Å². The van der Waals surface area contributed by atoms with Gasteiger partial charge in [0.15, 0.2) is 5.16 Å². The van der Waals surface area contributed by atoms with Gasteiger partial charge in [0.2, 0.25) is 0 Å². The first-order valence-corrected chi connectivity index (χ1v) is 10.2. The van der Waals surface area contributed by atoms with Crippen LogP contribution in [0.4, 0.5) is 0 Å². The molecule has 6 heteroatoms. The maximum atomic E-state index is 13.2. The van der Waals surface area contributed by atoms with Crippen LogP contribution in [0, 0.1) is 23.2 Å². The van der Waals surface area contributed by atoms with Crippen LogP contribution in [0.5, 0.6) is 0 Å². The minimum atomic E-state index is -0.220. The highest BCUT2D eigenvalue weighted by molar-refractivity contribution is 8.00. The number of thiophene rings is 1. The quantitative estimate of drug-likeness (QED) is 0.603. The maximum Gasteiger partial charge on any atom is 0.263 e. The molecular formula is C18H23N3OS2. The fourth-order valence-corrected chi connectivity index (χ4v) is 5.43. The van der Waals surface area contributed by atoms with Gasteiger partial charge in [-0.3, -0.25) is 9.36 Å². The molecule has 2 heterocycles. The molecule has 0 aliphatic heterocycles. The van der Waals surface area contributed by atoms with Crippen molar-refractivity contribution in [1.29, 1.82) is 5.26 Å². The normalized spacial score (nSPS) is 18.6. The van der Waals surface area contributed by atoms with Crippen molar-refractivity contribution in [2.75, 3.05) is 0 Å². The Kier molecular flexibility index (Phi) is 5.03. The van der Waals surface area contributed by atoms with Crippen molar-refractivity contribution >= 4 is 33.3 Å². The van der Waals surface area contributed by atoms with E-state index < -0.39 is 0 Å². The third-order valence-electron chi connectivity index (χ3n) is 4.39. The molecule has 3 rings (SSSR count). The van der Waals surface area contributed by atoms with Gasteiger partial charge in [0, 0.05) is 11.4 Å². The van der Waals surface area contributed by atoms with E-state index in [2.05, 4.69) is 26.8 Å². The summed E-state index contributed by atoms with van der Waals surface area (Å²) in [4.78, 5) is 20.2. The molecule has 24 heavy (non-hydrogen) atoms. The third-order valence-corrected chi connectivity index (χ3v) is 6.52. The molecule has 0 unspecified atom stereocenters. The van der Waals surface area contributed by atoms with Crippen molar-refractivity contribution in [2.45, 2.75) is 63.9 Å². The molecule has 0 amide bonds. The summed E-state index contributed by atoms with van der Waals surface area (Å²) in [6.07, 6.45) is 3.18. The summed E-state index contributed by atoms with van der Waals surface area (Å²) in [5, 5.41) is 10.4. The Morgan fingerprint density at radius 3 is 2.88 bits per heavy atom. The highest BCUT2D eigenvalue weighted by Gasteiger charge is 2.25. The van der Waals surface area contributed by atoms with Crippen molar-refractivity contribution in [2.24, 2.45) is 11.8 Å². The Hall–Kier alpha value is -1.32. The van der Waals surface area contributed by atoms with Gasteiger partial charge in [0.25, 0.3) is 5.56 Å². The molecule has 0 saturated carbocycles. The molecule has 2 aromatic heterocycles. The molecule has 128 valence electrons. The number of nitrogens with zero attached hydrogens (tertiary/aromatic N) is 3. The second kappa shape index (κ2) is 6.89. The first-order valence-electron chi connectivity index (χ1n) is 8.52. The number of aromatic nitrogens is 2. The second-order valence-electron chi connectivity index (χ2n) is 7.13. The number of hydrogen-bond donors (Lipinski definition) is 0. The van der Waals surface area contributed by atoms with E-state index >= 15 is 0 Å². The highest BCUT2D eigenvalue weighted by Crippen LogP contribution is 2.36. The Morgan fingerprint density at radius 2 is 2.21 bits per heavy atom. The summed E-state index contributed by atoms with van der Waals surface area (Å²) in [5.74, 6) is 1.03. The summed E-state index contributed by atoms with van der Waals surface area (Å²) < 4.78 is 1.79. The van der Waals surface area contributed by atoms with E-state index in [0.29, 0.717) is 23.5 Å². The van der Waals surface area contributed by atoms with Gasteiger partial charge < -0.3 is 0 Å². The van der Waals surface area contributed by atoms with Crippen LogP contribution in [0.1, 0.15) is 44.6 Å². The molecule has 1 aliphatic carbocycles. The molecular weight excluding hydrogens is 338 g/mol. The highest BCUT2D eigenvalue weighted by atomic mass is 32.2. The summed E-state index contributed by atoms with van der Waals surface area (Å²) >= 11 is 3.06. The molecule has 1 aliphatic rings. The van der Waals surface area contributed by atoms with Crippen molar-refractivity contribution in [3.8, 4) is 6.07 Å². The fourth-order valence-electron chi connectivity index (χ4n) is 3.21. The van der Waals surface area contributed by atoms with Gasteiger partial charge in [-0.2, -0.15) is 5.26 Å². The average molecular weight is 362 g/mol. The smallest absolute Gasteiger partial charge is 0.263 e. The zero-order chi connectivity index (χ0) is 17.4. The van der Waals surface area contributed by atoms with E-state index in [0.717, 1.165) is 29.5 Å². The van der Waals surface area contributed by atoms with Crippen LogP contribution < -0.4 is 5.56 Å².